The summed E-state index contributed by atoms with van der Waals surface area (Å²) < 4.78 is 38.5. The molecule has 0 spiro atoms. The van der Waals surface area contributed by atoms with E-state index in [9.17, 15) is 23.4 Å². The zero-order chi connectivity index (χ0) is 22.7. The van der Waals surface area contributed by atoms with E-state index < -0.39 is 17.3 Å². The third kappa shape index (κ3) is 3.37. The van der Waals surface area contributed by atoms with Crippen molar-refractivity contribution in [2.75, 3.05) is 0 Å². The molecule has 3 unspecified atom stereocenters. The van der Waals surface area contributed by atoms with Crippen LogP contribution in [-0.2, 0) is 12.6 Å². The molecule has 2 fully saturated rings. The highest BCUT2D eigenvalue weighted by Crippen LogP contribution is 2.64. The van der Waals surface area contributed by atoms with Crippen molar-refractivity contribution in [1.82, 2.24) is 0 Å². The predicted octanol–water partition coefficient (Wildman–Crippen LogP) is 6.71. The standard InChI is InChI=1S/C27H29F3O2/c1-25-13-11-22-21-9-7-20(31)16-18(21)4-8-23(22)24(25)12-15-26(25,32)14-10-17-2-5-19(6-3-17)27(28,29)30/h2-3,5-7,9-10,14,16,22-24,31-32H,4,8,11-13,15H2,1H3/b14-10+/t22?,23?,24?,25-,26-/m0/s1. The lowest BCUT2D eigenvalue weighted by Gasteiger charge is -2.52. The molecule has 0 saturated heterocycles. The number of halogens is 3. The van der Waals surface area contributed by atoms with Crippen molar-refractivity contribution in [1.29, 1.82) is 0 Å². The van der Waals surface area contributed by atoms with Gasteiger partial charge in [-0.25, -0.2) is 0 Å². The molecule has 0 amide bonds. The molecule has 0 radical (unpaired) electrons. The third-order valence-electron chi connectivity index (χ3n) is 8.71. The van der Waals surface area contributed by atoms with Crippen LogP contribution in [0.3, 0.4) is 0 Å². The van der Waals surface area contributed by atoms with Crippen LogP contribution in [0.5, 0.6) is 5.75 Å². The van der Waals surface area contributed by atoms with Crippen LogP contribution in [0, 0.1) is 17.3 Å². The predicted molar refractivity (Wildman–Crippen MR) is 118 cm³/mol. The fraction of sp³-hybridized carbons (Fsp3) is 0.481. The Balaban J connectivity index is 1.38. The summed E-state index contributed by atoms with van der Waals surface area (Å²) in [5.74, 6) is 1.72. The minimum Gasteiger partial charge on any atom is -0.508 e. The number of hydrogen-bond donors (Lipinski definition) is 2. The second-order valence-electron chi connectivity index (χ2n) is 10.2. The topological polar surface area (TPSA) is 40.5 Å². The molecule has 2 N–H and O–H groups in total. The SMILES string of the molecule is C[C@]12CCC3c4ccc(O)cc4CCC3C1CC[C@@]2(O)/C=C/c1ccc(C(F)(F)F)cc1. The Hall–Kier alpha value is -2.27. The molecule has 0 aromatic heterocycles. The molecule has 2 nitrogen and oxygen atoms in total. The summed E-state index contributed by atoms with van der Waals surface area (Å²) in [6.07, 6.45) is 4.85. The van der Waals surface area contributed by atoms with E-state index in [-0.39, 0.29) is 5.41 Å². The number of fused-ring (bicyclic) bond motifs is 5. The zero-order valence-corrected chi connectivity index (χ0v) is 18.2. The number of aryl methyl sites for hydroxylation is 1. The van der Waals surface area contributed by atoms with Crippen molar-refractivity contribution in [2.45, 2.75) is 63.1 Å². The Morgan fingerprint density at radius 3 is 2.47 bits per heavy atom. The number of phenolic OH excluding ortho intramolecular Hbond substituents is 1. The fourth-order valence-electron chi connectivity index (χ4n) is 6.91. The van der Waals surface area contributed by atoms with Crippen LogP contribution in [0.15, 0.2) is 48.5 Å². The summed E-state index contributed by atoms with van der Waals surface area (Å²) in [6, 6.07) is 10.9. The van der Waals surface area contributed by atoms with Crippen LogP contribution in [-0.4, -0.2) is 15.8 Å². The van der Waals surface area contributed by atoms with Crippen LogP contribution in [0.2, 0.25) is 0 Å². The Kier molecular flexibility index (Phi) is 4.97. The van der Waals surface area contributed by atoms with E-state index in [2.05, 4.69) is 13.0 Å². The minimum atomic E-state index is -4.34. The molecular weight excluding hydrogens is 413 g/mol. The highest BCUT2D eigenvalue weighted by Gasteiger charge is 2.60. The average Bonchev–Trinajstić information content (AvgIpc) is 3.03. The molecule has 3 aliphatic carbocycles. The van der Waals surface area contributed by atoms with Gasteiger partial charge in [-0.3, -0.25) is 0 Å². The minimum absolute atomic E-state index is 0.245. The number of aromatic hydroxyl groups is 1. The molecule has 2 aromatic rings. The average molecular weight is 443 g/mol. The van der Waals surface area contributed by atoms with E-state index in [1.165, 1.54) is 23.3 Å². The first-order valence-electron chi connectivity index (χ1n) is 11.5. The summed E-state index contributed by atoms with van der Waals surface area (Å²) in [5.41, 5.74) is 1.41. The molecule has 5 rings (SSSR count). The Labute approximate surface area is 186 Å². The van der Waals surface area contributed by atoms with Gasteiger partial charge in [-0.2, -0.15) is 13.2 Å². The molecule has 32 heavy (non-hydrogen) atoms. The molecule has 3 aliphatic rings. The summed E-state index contributed by atoms with van der Waals surface area (Å²) in [5, 5.41) is 21.6. The first kappa shape index (κ1) is 21.6. The fourth-order valence-corrected chi connectivity index (χ4v) is 6.91. The van der Waals surface area contributed by atoms with Gasteiger partial charge in [0.05, 0.1) is 11.2 Å². The first-order chi connectivity index (χ1) is 15.1. The van der Waals surface area contributed by atoms with Crippen LogP contribution in [0.1, 0.15) is 67.2 Å². The number of aliphatic hydroxyl groups is 1. The Morgan fingerprint density at radius 2 is 1.75 bits per heavy atom. The lowest BCUT2D eigenvalue weighted by Crippen LogP contribution is -2.49. The quantitative estimate of drug-likeness (QED) is 0.543. The van der Waals surface area contributed by atoms with Gasteiger partial charge in [0, 0.05) is 5.41 Å². The first-order valence-corrected chi connectivity index (χ1v) is 11.5. The summed E-state index contributed by atoms with van der Waals surface area (Å²) in [6.45, 7) is 2.20. The van der Waals surface area contributed by atoms with Crippen LogP contribution in [0.25, 0.3) is 6.08 Å². The van der Waals surface area contributed by atoms with Gasteiger partial charge in [-0.15, -0.1) is 0 Å². The Bertz CT molecular complexity index is 1040. The van der Waals surface area contributed by atoms with Crippen molar-refractivity contribution in [3.05, 3.63) is 70.8 Å². The maximum Gasteiger partial charge on any atom is 0.416 e. The maximum absolute atomic E-state index is 12.8. The van der Waals surface area contributed by atoms with E-state index in [4.69, 9.17) is 0 Å². The molecule has 170 valence electrons. The van der Waals surface area contributed by atoms with Gasteiger partial charge < -0.3 is 10.2 Å². The normalized spacial score (nSPS) is 34.2. The largest absolute Gasteiger partial charge is 0.508 e. The van der Waals surface area contributed by atoms with Gasteiger partial charge in [-0.1, -0.05) is 37.3 Å². The van der Waals surface area contributed by atoms with Crippen LogP contribution < -0.4 is 0 Å². The number of benzene rings is 2. The number of alkyl halides is 3. The lowest BCUT2D eigenvalue weighted by atomic mass is 9.53. The van der Waals surface area contributed by atoms with E-state index in [0.29, 0.717) is 35.5 Å². The molecule has 0 aliphatic heterocycles. The number of rotatable bonds is 2. The summed E-state index contributed by atoms with van der Waals surface area (Å²) >= 11 is 0. The van der Waals surface area contributed by atoms with Gasteiger partial charge in [0.1, 0.15) is 5.75 Å². The van der Waals surface area contributed by atoms with E-state index in [0.717, 1.165) is 44.2 Å². The second-order valence-corrected chi connectivity index (χ2v) is 10.2. The van der Waals surface area contributed by atoms with Crippen molar-refractivity contribution in [3.63, 3.8) is 0 Å². The second kappa shape index (κ2) is 7.38. The Morgan fingerprint density at radius 1 is 1.00 bits per heavy atom. The van der Waals surface area contributed by atoms with Crippen LogP contribution in [0.4, 0.5) is 13.2 Å². The van der Waals surface area contributed by atoms with Gasteiger partial charge in [0.15, 0.2) is 0 Å². The molecule has 5 heteroatoms. The van der Waals surface area contributed by atoms with Gasteiger partial charge in [0.2, 0.25) is 0 Å². The molecule has 2 aromatic carbocycles. The van der Waals surface area contributed by atoms with Gasteiger partial charge in [-0.05, 0) is 97.2 Å². The van der Waals surface area contributed by atoms with Crippen molar-refractivity contribution >= 4 is 6.08 Å². The molecule has 5 atom stereocenters. The molecule has 0 heterocycles. The third-order valence-corrected chi connectivity index (χ3v) is 8.71. The van der Waals surface area contributed by atoms with E-state index in [1.807, 2.05) is 12.1 Å². The molecular formula is C27H29F3O2. The zero-order valence-electron chi connectivity index (χ0n) is 18.2. The number of phenols is 1. The van der Waals surface area contributed by atoms with E-state index in [1.54, 1.807) is 12.1 Å². The number of hydrogen-bond acceptors (Lipinski definition) is 2. The maximum atomic E-state index is 12.8. The lowest BCUT2D eigenvalue weighted by molar-refractivity contribution is -0.137. The monoisotopic (exact) mass is 442 g/mol. The molecule has 0 bridgehead atoms. The smallest absolute Gasteiger partial charge is 0.416 e. The van der Waals surface area contributed by atoms with Gasteiger partial charge in [0.25, 0.3) is 0 Å². The van der Waals surface area contributed by atoms with E-state index >= 15 is 0 Å². The van der Waals surface area contributed by atoms with Gasteiger partial charge >= 0.3 is 6.18 Å². The highest BCUT2D eigenvalue weighted by atomic mass is 19.4. The summed E-state index contributed by atoms with van der Waals surface area (Å²) in [7, 11) is 0. The highest BCUT2D eigenvalue weighted by molar-refractivity contribution is 5.52. The van der Waals surface area contributed by atoms with Crippen molar-refractivity contribution in [3.8, 4) is 5.75 Å². The summed E-state index contributed by atoms with van der Waals surface area (Å²) in [4.78, 5) is 0. The van der Waals surface area contributed by atoms with Crippen LogP contribution >= 0.6 is 0 Å². The van der Waals surface area contributed by atoms with Crippen molar-refractivity contribution < 1.29 is 23.4 Å². The van der Waals surface area contributed by atoms with Crippen molar-refractivity contribution in [2.24, 2.45) is 17.3 Å². The molecule has 2 saturated carbocycles.